The smallest absolute Gasteiger partial charge is 0.255 e. The first-order chi connectivity index (χ1) is 18.3. The third-order valence-corrected chi connectivity index (χ3v) is 9.66. The molecule has 0 radical (unpaired) electrons. The summed E-state index contributed by atoms with van der Waals surface area (Å²) in [4.78, 5) is 33.9. The van der Waals surface area contributed by atoms with Crippen LogP contribution in [0.15, 0.2) is 41.4 Å². The van der Waals surface area contributed by atoms with Crippen LogP contribution in [0.3, 0.4) is 0 Å². The maximum absolute atomic E-state index is 12.9. The molecule has 212 valence electrons. The van der Waals surface area contributed by atoms with Crippen molar-refractivity contribution in [2.24, 2.45) is 5.92 Å². The van der Waals surface area contributed by atoms with Gasteiger partial charge in [-0.1, -0.05) is 17.7 Å². The lowest BCUT2D eigenvalue weighted by Gasteiger charge is -2.36. The Hall–Kier alpha value is -2.74. The number of piperidine rings is 1. The molecule has 2 fully saturated rings. The highest BCUT2D eigenvalue weighted by Crippen LogP contribution is 2.31. The maximum Gasteiger partial charge on any atom is 0.255 e. The summed E-state index contributed by atoms with van der Waals surface area (Å²) in [6.45, 7) is 2.54. The summed E-state index contributed by atoms with van der Waals surface area (Å²) >= 11 is 6.02. The first-order valence-corrected chi connectivity index (χ1v) is 16.7. The van der Waals surface area contributed by atoms with E-state index < -0.39 is 25.8 Å². The van der Waals surface area contributed by atoms with Crippen LogP contribution in [-0.4, -0.2) is 94.6 Å². The molecule has 14 heteroatoms. The molecule has 0 unspecified atom stereocenters. The first-order valence-electron chi connectivity index (χ1n) is 12.6. The summed E-state index contributed by atoms with van der Waals surface area (Å²) < 4.78 is 49.2. The first kappa shape index (κ1) is 29.2. The van der Waals surface area contributed by atoms with E-state index in [0.29, 0.717) is 74.9 Å². The second-order valence-corrected chi connectivity index (χ2v) is 14.4. The summed E-state index contributed by atoms with van der Waals surface area (Å²) in [5.41, 5.74) is 0.606. The number of carbonyl (C=O) groups excluding carboxylic acids is 2. The monoisotopic (exact) mass is 597 g/mol. The molecule has 0 spiro atoms. The van der Waals surface area contributed by atoms with Gasteiger partial charge in [0, 0.05) is 68.7 Å². The molecule has 0 saturated carbocycles. The van der Waals surface area contributed by atoms with Gasteiger partial charge >= 0.3 is 0 Å². The molecular formula is C25H32ClN5O6S2. The second-order valence-electron chi connectivity index (χ2n) is 9.96. The Kier molecular flexibility index (Phi) is 8.84. The fourth-order valence-electron chi connectivity index (χ4n) is 4.80. The second kappa shape index (κ2) is 11.8. The molecule has 2 aliphatic rings. The van der Waals surface area contributed by atoms with Crippen LogP contribution in [-0.2, 0) is 24.7 Å². The number of amides is 2. The van der Waals surface area contributed by atoms with Crippen molar-refractivity contribution in [1.82, 2.24) is 14.2 Å². The highest BCUT2D eigenvalue weighted by molar-refractivity contribution is 7.90. The average Bonchev–Trinajstić information content (AvgIpc) is 2.88. The predicted molar refractivity (Wildman–Crippen MR) is 149 cm³/mol. The van der Waals surface area contributed by atoms with E-state index in [1.807, 2.05) is 4.90 Å². The number of benzene rings is 1. The lowest BCUT2D eigenvalue weighted by Crippen LogP contribution is -2.50. The van der Waals surface area contributed by atoms with Gasteiger partial charge in [0.25, 0.3) is 5.91 Å². The fourth-order valence-corrected chi connectivity index (χ4v) is 6.40. The van der Waals surface area contributed by atoms with Gasteiger partial charge in [-0.25, -0.2) is 21.8 Å². The minimum atomic E-state index is -3.56. The van der Waals surface area contributed by atoms with Crippen LogP contribution in [0.25, 0.3) is 0 Å². The van der Waals surface area contributed by atoms with Gasteiger partial charge in [0.1, 0.15) is 0 Å². The van der Waals surface area contributed by atoms with Crippen LogP contribution < -0.4 is 10.2 Å². The fraction of sp³-hybridized carbons (Fsp3) is 0.480. The molecule has 1 aromatic carbocycles. The molecule has 2 aromatic rings. The molecule has 1 N–H and O–H groups in total. The predicted octanol–water partition coefficient (Wildman–Crippen LogP) is 2.10. The SMILES string of the molecule is CS(=O)(=O)c1cnc(N2CCC(CC(=O)N3CCN(S(C)(=O)=O)CC3)CC2)c(NC(=O)c2cccc(Cl)c2)c1. The Balaban J connectivity index is 1.41. The Bertz CT molecular complexity index is 1450. The van der Waals surface area contributed by atoms with E-state index >= 15 is 0 Å². The summed E-state index contributed by atoms with van der Waals surface area (Å²) in [5, 5.41) is 3.19. The molecule has 3 heterocycles. The van der Waals surface area contributed by atoms with Crippen molar-refractivity contribution in [2.45, 2.75) is 24.2 Å². The van der Waals surface area contributed by atoms with Crippen molar-refractivity contribution < 1.29 is 26.4 Å². The molecule has 2 amide bonds. The van der Waals surface area contributed by atoms with Crippen LogP contribution in [0.1, 0.15) is 29.6 Å². The molecular weight excluding hydrogens is 566 g/mol. The Morgan fingerprint density at radius 1 is 1.00 bits per heavy atom. The number of carbonyl (C=O) groups is 2. The van der Waals surface area contributed by atoms with Crippen LogP contribution >= 0.6 is 11.6 Å². The number of hydrogen-bond acceptors (Lipinski definition) is 8. The third-order valence-electron chi connectivity index (χ3n) is 7.04. The summed E-state index contributed by atoms with van der Waals surface area (Å²) in [6, 6.07) is 7.85. The Labute approximate surface area is 234 Å². The topological polar surface area (TPSA) is 137 Å². The molecule has 39 heavy (non-hydrogen) atoms. The molecule has 2 saturated heterocycles. The molecule has 1 aromatic heterocycles. The maximum atomic E-state index is 12.9. The van der Waals surface area contributed by atoms with E-state index in [-0.39, 0.29) is 22.4 Å². The van der Waals surface area contributed by atoms with Gasteiger partial charge in [0.2, 0.25) is 15.9 Å². The van der Waals surface area contributed by atoms with E-state index in [2.05, 4.69) is 10.3 Å². The number of aromatic nitrogens is 1. The highest BCUT2D eigenvalue weighted by Gasteiger charge is 2.30. The quantitative estimate of drug-likeness (QED) is 0.512. The van der Waals surface area contributed by atoms with Gasteiger partial charge < -0.3 is 15.1 Å². The highest BCUT2D eigenvalue weighted by atomic mass is 35.5. The molecule has 2 aliphatic heterocycles. The Morgan fingerprint density at radius 2 is 1.67 bits per heavy atom. The van der Waals surface area contributed by atoms with E-state index in [9.17, 15) is 26.4 Å². The third kappa shape index (κ3) is 7.47. The van der Waals surface area contributed by atoms with Gasteiger partial charge in [-0.05, 0) is 43.0 Å². The van der Waals surface area contributed by atoms with Gasteiger partial charge in [-0.2, -0.15) is 4.31 Å². The van der Waals surface area contributed by atoms with Crippen LogP contribution in [0.2, 0.25) is 5.02 Å². The molecule has 0 aliphatic carbocycles. The Morgan fingerprint density at radius 3 is 2.26 bits per heavy atom. The lowest BCUT2D eigenvalue weighted by molar-refractivity contribution is -0.133. The zero-order chi connectivity index (χ0) is 28.4. The van der Waals surface area contributed by atoms with E-state index in [1.54, 1.807) is 23.1 Å². The summed E-state index contributed by atoms with van der Waals surface area (Å²) in [6.07, 6.45) is 5.35. The van der Waals surface area contributed by atoms with E-state index in [4.69, 9.17) is 11.6 Å². The summed E-state index contributed by atoms with van der Waals surface area (Å²) in [5.74, 6) is 0.190. The van der Waals surface area contributed by atoms with Crippen molar-refractivity contribution in [3.05, 3.63) is 47.1 Å². The molecule has 0 atom stereocenters. The number of pyridine rings is 1. The van der Waals surface area contributed by atoms with E-state index in [1.165, 1.54) is 28.9 Å². The number of nitrogens with one attached hydrogen (secondary N) is 1. The summed E-state index contributed by atoms with van der Waals surface area (Å²) in [7, 11) is -6.81. The van der Waals surface area contributed by atoms with Crippen LogP contribution in [0.5, 0.6) is 0 Å². The standard InChI is InChI=1S/C25H32ClN5O6S2/c1-38(34,35)21-16-22(28-25(33)19-4-3-5-20(26)15-19)24(27-17-21)30-8-6-18(7-9-30)14-23(32)29-10-12-31(13-11-29)39(2,36)37/h3-5,15-18H,6-14H2,1-2H3,(H,28,33). The number of sulfonamides is 1. The van der Waals surface area contributed by atoms with Gasteiger partial charge in [-0.15, -0.1) is 0 Å². The molecule has 4 rings (SSSR count). The van der Waals surface area contributed by atoms with Crippen molar-refractivity contribution in [3.63, 3.8) is 0 Å². The number of halogens is 1. The normalized spacial score (nSPS) is 17.7. The minimum absolute atomic E-state index is 0.0101. The number of sulfone groups is 1. The van der Waals surface area contributed by atoms with Crippen molar-refractivity contribution in [1.29, 1.82) is 0 Å². The molecule has 11 nitrogen and oxygen atoms in total. The van der Waals surface area contributed by atoms with Gasteiger partial charge in [-0.3, -0.25) is 9.59 Å². The number of anilines is 2. The number of hydrogen-bond donors (Lipinski definition) is 1. The zero-order valence-corrected chi connectivity index (χ0v) is 24.2. The number of piperazine rings is 1. The van der Waals surface area contributed by atoms with Gasteiger partial charge in [0.05, 0.1) is 16.8 Å². The van der Waals surface area contributed by atoms with Crippen molar-refractivity contribution in [2.75, 3.05) is 62.0 Å². The van der Waals surface area contributed by atoms with Crippen LogP contribution in [0, 0.1) is 5.92 Å². The number of nitrogens with zero attached hydrogens (tertiary/aromatic N) is 4. The molecule has 0 bridgehead atoms. The van der Waals surface area contributed by atoms with Crippen molar-refractivity contribution >= 4 is 54.8 Å². The van der Waals surface area contributed by atoms with Gasteiger partial charge in [0.15, 0.2) is 15.7 Å². The number of rotatable bonds is 7. The van der Waals surface area contributed by atoms with Crippen LogP contribution in [0.4, 0.5) is 11.5 Å². The lowest BCUT2D eigenvalue weighted by atomic mass is 9.92. The van der Waals surface area contributed by atoms with E-state index in [0.717, 1.165) is 6.26 Å². The zero-order valence-electron chi connectivity index (χ0n) is 21.8. The largest absolute Gasteiger partial charge is 0.355 e. The minimum Gasteiger partial charge on any atom is -0.355 e. The average molecular weight is 598 g/mol. The van der Waals surface area contributed by atoms with Crippen molar-refractivity contribution in [3.8, 4) is 0 Å².